The van der Waals surface area contributed by atoms with E-state index in [1.807, 2.05) is 0 Å². The van der Waals surface area contributed by atoms with Crippen molar-refractivity contribution < 1.29 is 0 Å². The summed E-state index contributed by atoms with van der Waals surface area (Å²) in [6.45, 7) is 4.34. The van der Waals surface area contributed by atoms with E-state index >= 15 is 0 Å². The molecule has 0 saturated heterocycles. The van der Waals surface area contributed by atoms with E-state index in [0.29, 0.717) is 0 Å². The highest BCUT2D eigenvalue weighted by atomic mass is 15.1. The van der Waals surface area contributed by atoms with Gasteiger partial charge in [-0.05, 0) is 117 Å². The first-order valence-corrected chi connectivity index (χ1v) is 20.7. The summed E-state index contributed by atoms with van der Waals surface area (Å²) in [7, 11) is 0. The lowest BCUT2D eigenvalue weighted by atomic mass is 9.67. The summed E-state index contributed by atoms with van der Waals surface area (Å²) < 4.78 is 0. The fraction of sp³-hybridized carbons (Fsp3) is 0.0690. The van der Waals surface area contributed by atoms with Crippen LogP contribution in [0.1, 0.15) is 55.6 Å². The molecule has 0 radical (unpaired) electrons. The van der Waals surface area contributed by atoms with Gasteiger partial charge in [0.1, 0.15) is 0 Å². The summed E-state index contributed by atoms with van der Waals surface area (Å²) in [5, 5.41) is 0. The van der Waals surface area contributed by atoms with Gasteiger partial charge in [-0.3, -0.25) is 0 Å². The van der Waals surface area contributed by atoms with Crippen molar-refractivity contribution in [3.63, 3.8) is 0 Å². The van der Waals surface area contributed by atoms with Gasteiger partial charge < -0.3 is 4.90 Å². The van der Waals surface area contributed by atoms with Crippen LogP contribution in [0.5, 0.6) is 0 Å². The molecule has 0 amide bonds. The van der Waals surface area contributed by atoms with Crippen molar-refractivity contribution >= 4 is 17.1 Å². The second kappa shape index (κ2) is 13.7. The molecular formula is C58H43N. The largest absolute Gasteiger partial charge is 0.310 e. The average Bonchev–Trinajstić information content (AvgIpc) is 3.76. The van der Waals surface area contributed by atoms with E-state index < -0.39 is 10.8 Å². The van der Waals surface area contributed by atoms with Crippen LogP contribution in [0.25, 0.3) is 22.3 Å². The number of aryl methyl sites for hydroxylation is 2. The van der Waals surface area contributed by atoms with E-state index in [9.17, 15) is 0 Å². The fourth-order valence-electron chi connectivity index (χ4n) is 10.4. The minimum Gasteiger partial charge on any atom is -0.310 e. The molecule has 1 nitrogen and oxygen atoms in total. The van der Waals surface area contributed by atoms with Crippen LogP contribution in [-0.4, -0.2) is 0 Å². The summed E-state index contributed by atoms with van der Waals surface area (Å²) >= 11 is 0. The molecule has 11 rings (SSSR count). The Hall–Kier alpha value is -7.22. The molecule has 0 N–H and O–H groups in total. The van der Waals surface area contributed by atoms with Crippen molar-refractivity contribution in [3.05, 3.63) is 280 Å². The van der Waals surface area contributed by atoms with E-state index in [-0.39, 0.29) is 0 Å². The molecule has 0 fully saturated rings. The van der Waals surface area contributed by atoms with Gasteiger partial charge in [-0.2, -0.15) is 0 Å². The Morgan fingerprint density at radius 2 is 0.610 bits per heavy atom. The lowest BCUT2D eigenvalue weighted by Crippen LogP contribution is -2.29. The Labute approximate surface area is 347 Å². The molecular weight excluding hydrogens is 711 g/mol. The number of anilines is 3. The number of hydrogen-bond acceptors (Lipinski definition) is 1. The third-order valence-electron chi connectivity index (χ3n) is 13.0. The standard InChI is InChI=1S/C58H43N/c1-40-26-30-44(31-27-40)57(42-16-6-3-7-17-42)53-24-14-12-22-49(53)51-36-34-47(38-55(51)57)59(46-20-10-5-11-21-46)48-35-37-52-50-23-13-15-25-54(50)58(56(52)39-48,43-18-8-4-9-19-43)45-32-28-41(2)29-33-45/h3-39H,1-2H3. The van der Waals surface area contributed by atoms with Crippen molar-refractivity contribution in [3.8, 4) is 22.3 Å². The van der Waals surface area contributed by atoms with Gasteiger partial charge in [-0.15, -0.1) is 0 Å². The Morgan fingerprint density at radius 1 is 0.271 bits per heavy atom. The van der Waals surface area contributed by atoms with Crippen LogP contribution < -0.4 is 4.90 Å². The van der Waals surface area contributed by atoms with Crippen LogP contribution in [-0.2, 0) is 10.8 Å². The molecule has 2 unspecified atom stereocenters. The molecule has 2 aliphatic rings. The smallest absolute Gasteiger partial charge is 0.0714 e. The Kier molecular flexibility index (Phi) is 8.13. The number of fused-ring (bicyclic) bond motifs is 6. The minimum absolute atomic E-state index is 0.507. The summed E-state index contributed by atoms with van der Waals surface area (Å²) in [6.07, 6.45) is 0. The molecule has 0 aromatic heterocycles. The van der Waals surface area contributed by atoms with Crippen LogP contribution in [0, 0.1) is 13.8 Å². The van der Waals surface area contributed by atoms with E-state index in [4.69, 9.17) is 0 Å². The molecule has 0 bridgehead atoms. The van der Waals surface area contributed by atoms with Crippen molar-refractivity contribution in [2.24, 2.45) is 0 Å². The molecule has 2 aliphatic carbocycles. The molecule has 0 aliphatic heterocycles. The number of nitrogens with zero attached hydrogens (tertiary/aromatic N) is 1. The van der Waals surface area contributed by atoms with Gasteiger partial charge in [-0.1, -0.05) is 199 Å². The van der Waals surface area contributed by atoms with Gasteiger partial charge in [-0.25, -0.2) is 0 Å². The lowest BCUT2D eigenvalue weighted by molar-refractivity contribution is 0.767. The van der Waals surface area contributed by atoms with Crippen LogP contribution in [0.4, 0.5) is 17.1 Å². The van der Waals surface area contributed by atoms with E-state index in [1.54, 1.807) is 0 Å². The summed E-state index contributed by atoms with van der Waals surface area (Å²) in [6, 6.07) is 83.8. The van der Waals surface area contributed by atoms with E-state index in [2.05, 4.69) is 243 Å². The third kappa shape index (κ3) is 5.18. The molecule has 0 heterocycles. The first-order valence-electron chi connectivity index (χ1n) is 20.7. The van der Waals surface area contributed by atoms with Crippen LogP contribution in [0.15, 0.2) is 224 Å². The molecule has 59 heavy (non-hydrogen) atoms. The van der Waals surface area contributed by atoms with E-state index in [1.165, 1.54) is 77.9 Å². The summed E-state index contributed by atoms with van der Waals surface area (Å²) in [5.74, 6) is 0. The molecule has 2 atom stereocenters. The predicted octanol–water partition coefficient (Wildman–Crippen LogP) is 14.5. The van der Waals surface area contributed by atoms with Crippen LogP contribution in [0.3, 0.4) is 0 Å². The quantitative estimate of drug-likeness (QED) is 0.157. The fourth-order valence-corrected chi connectivity index (χ4v) is 10.4. The molecule has 0 spiro atoms. The van der Waals surface area contributed by atoms with Crippen molar-refractivity contribution in [2.75, 3.05) is 4.90 Å². The van der Waals surface area contributed by atoms with Crippen molar-refractivity contribution in [1.29, 1.82) is 0 Å². The van der Waals surface area contributed by atoms with Crippen LogP contribution in [0.2, 0.25) is 0 Å². The predicted molar refractivity (Wildman–Crippen MR) is 245 cm³/mol. The van der Waals surface area contributed by atoms with Gasteiger partial charge in [0.05, 0.1) is 10.8 Å². The van der Waals surface area contributed by atoms with Gasteiger partial charge >= 0.3 is 0 Å². The summed E-state index contributed by atoms with van der Waals surface area (Å²) in [5.41, 5.74) is 20.2. The number of hydrogen-bond donors (Lipinski definition) is 0. The van der Waals surface area contributed by atoms with E-state index in [0.717, 1.165) is 17.1 Å². The molecule has 1 heteroatoms. The zero-order valence-electron chi connectivity index (χ0n) is 33.3. The lowest BCUT2D eigenvalue weighted by Gasteiger charge is -2.36. The van der Waals surface area contributed by atoms with Crippen molar-refractivity contribution in [2.45, 2.75) is 24.7 Å². The van der Waals surface area contributed by atoms with Gasteiger partial charge in [0.2, 0.25) is 0 Å². The second-order valence-electron chi connectivity index (χ2n) is 16.2. The average molecular weight is 754 g/mol. The van der Waals surface area contributed by atoms with Crippen LogP contribution >= 0.6 is 0 Å². The van der Waals surface area contributed by atoms with Crippen molar-refractivity contribution in [1.82, 2.24) is 0 Å². The highest BCUT2D eigenvalue weighted by Crippen LogP contribution is 2.59. The molecule has 9 aromatic rings. The maximum absolute atomic E-state index is 2.47. The maximum Gasteiger partial charge on any atom is 0.0714 e. The Balaban J connectivity index is 1.18. The van der Waals surface area contributed by atoms with Gasteiger partial charge in [0, 0.05) is 17.1 Å². The zero-order valence-corrected chi connectivity index (χ0v) is 33.3. The highest BCUT2D eigenvalue weighted by Gasteiger charge is 2.48. The maximum atomic E-state index is 2.47. The first kappa shape index (κ1) is 35.0. The monoisotopic (exact) mass is 753 g/mol. The number of benzene rings is 9. The Morgan fingerprint density at radius 3 is 1.03 bits per heavy atom. The molecule has 0 saturated carbocycles. The topological polar surface area (TPSA) is 3.24 Å². The first-order chi connectivity index (χ1) is 29.1. The number of rotatable bonds is 7. The van der Waals surface area contributed by atoms with Gasteiger partial charge in [0.15, 0.2) is 0 Å². The molecule has 280 valence electrons. The minimum atomic E-state index is -0.507. The normalized spacial score (nSPS) is 17.1. The Bertz CT molecular complexity index is 2800. The highest BCUT2D eigenvalue weighted by molar-refractivity contribution is 5.92. The number of para-hydroxylation sites is 1. The molecule has 9 aromatic carbocycles. The summed E-state index contributed by atoms with van der Waals surface area (Å²) in [4.78, 5) is 2.46. The van der Waals surface area contributed by atoms with Gasteiger partial charge in [0.25, 0.3) is 0 Å². The third-order valence-corrected chi connectivity index (χ3v) is 13.0. The SMILES string of the molecule is Cc1ccc(C2(c3ccccc3)c3ccccc3-c3ccc(N(c4ccccc4)c4ccc5c(c4)C(c4ccccc4)(c4ccc(C)cc4)c4ccccc4-5)cc32)cc1. The second-order valence-corrected chi connectivity index (χ2v) is 16.2. The zero-order chi connectivity index (χ0) is 39.6.